The highest BCUT2D eigenvalue weighted by Crippen LogP contribution is 2.41. The molecule has 0 N–H and O–H groups in total. The minimum Gasteiger partial charge on any atom is -0.493 e. The number of nitriles is 1. The van der Waals surface area contributed by atoms with Crippen LogP contribution in [0.4, 0.5) is 4.79 Å². The predicted octanol–water partition coefficient (Wildman–Crippen LogP) is 3.92. The zero-order chi connectivity index (χ0) is 20.4. The van der Waals surface area contributed by atoms with Crippen molar-refractivity contribution in [3.63, 3.8) is 0 Å². The van der Waals surface area contributed by atoms with Gasteiger partial charge in [-0.1, -0.05) is 18.2 Å². The van der Waals surface area contributed by atoms with E-state index in [4.69, 9.17) is 14.2 Å². The second kappa shape index (κ2) is 7.89. The Hall–Kier alpha value is -3.44. The van der Waals surface area contributed by atoms with Crippen LogP contribution in [0.1, 0.15) is 23.6 Å². The predicted molar refractivity (Wildman–Crippen MR) is 106 cm³/mol. The van der Waals surface area contributed by atoms with Crippen LogP contribution in [-0.2, 0) is 11.3 Å². The largest absolute Gasteiger partial charge is 0.493 e. The highest BCUT2D eigenvalue weighted by molar-refractivity contribution is 8.18. The van der Waals surface area contributed by atoms with Gasteiger partial charge in [0, 0.05) is 11.6 Å². The summed E-state index contributed by atoms with van der Waals surface area (Å²) < 4.78 is 16.4. The first-order valence-corrected chi connectivity index (χ1v) is 9.72. The molecule has 2 aliphatic heterocycles. The summed E-state index contributed by atoms with van der Waals surface area (Å²) >= 11 is 0.857. The number of nitrogens with zero attached hydrogens (tertiary/aromatic N) is 2. The molecule has 0 aromatic heterocycles. The normalized spacial score (nSPS) is 16.4. The van der Waals surface area contributed by atoms with Crippen LogP contribution >= 0.6 is 11.8 Å². The van der Waals surface area contributed by atoms with Gasteiger partial charge in [0.25, 0.3) is 11.1 Å². The quantitative estimate of drug-likeness (QED) is 0.693. The molecule has 0 radical (unpaired) electrons. The number of benzene rings is 2. The molecule has 4 rings (SSSR count). The van der Waals surface area contributed by atoms with Crippen molar-refractivity contribution >= 4 is 29.0 Å². The van der Waals surface area contributed by atoms with Crippen molar-refractivity contribution < 1.29 is 23.8 Å². The first kappa shape index (κ1) is 18.9. The van der Waals surface area contributed by atoms with Crippen LogP contribution in [0.25, 0.3) is 6.08 Å². The number of ether oxygens (including phenoxy) is 3. The van der Waals surface area contributed by atoms with Crippen LogP contribution in [0.15, 0.2) is 41.3 Å². The van der Waals surface area contributed by atoms with E-state index in [0.717, 1.165) is 16.7 Å². The minimum atomic E-state index is -0.409. The van der Waals surface area contributed by atoms with Gasteiger partial charge in [0.2, 0.25) is 6.79 Å². The molecule has 2 amide bonds. The maximum atomic E-state index is 12.9. The molecule has 0 unspecified atom stereocenters. The van der Waals surface area contributed by atoms with Gasteiger partial charge in [-0.25, -0.2) is 0 Å². The third kappa shape index (κ3) is 3.65. The Morgan fingerprint density at radius 2 is 2.00 bits per heavy atom. The molecule has 0 bridgehead atoms. The van der Waals surface area contributed by atoms with Crippen molar-refractivity contribution in [1.29, 1.82) is 5.26 Å². The lowest BCUT2D eigenvalue weighted by molar-refractivity contribution is -0.123. The lowest BCUT2D eigenvalue weighted by atomic mass is 10.1. The van der Waals surface area contributed by atoms with Gasteiger partial charge in [0.15, 0.2) is 11.5 Å². The highest BCUT2D eigenvalue weighted by atomic mass is 32.2. The standard InChI is InChI=1S/C21H16N2O5S/c1-2-26-16-9-18-17(27-12-28-18)7-15(16)8-19-20(24)23(21(25)29-19)11-14-6-4-3-5-13(14)10-22/h3-9H,2,11-12H2,1H3. The number of hydrogen-bond donors (Lipinski definition) is 0. The number of fused-ring (bicyclic) bond motifs is 1. The summed E-state index contributed by atoms with van der Waals surface area (Å²) in [7, 11) is 0. The molecule has 2 aromatic carbocycles. The molecule has 8 heteroatoms. The molecule has 2 aromatic rings. The maximum absolute atomic E-state index is 12.9. The Morgan fingerprint density at radius 1 is 1.24 bits per heavy atom. The van der Waals surface area contributed by atoms with E-state index >= 15 is 0 Å². The molecular weight excluding hydrogens is 392 g/mol. The fourth-order valence-corrected chi connectivity index (χ4v) is 3.88. The first-order chi connectivity index (χ1) is 14.1. The lowest BCUT2D eigenvalue weighted by Gasteiger charge is -2.13. The van der Waals surface area contributed by atoms with Crippen molar-refractivity contribution in [2.24, 2.45) is 0 Å². The summed E-state index contributed by atoms with van der Waals surface area (Å²) in [5.74, 6) is 1.26. The highest BCUT2D eigenvalue weighted by Gasteiger charge is 2.35. The van der Waals surface area contributed by atoms with E-state index in [2.05, 4.69) is 6.07 Å². The van der Waals surface area contributed by atoms with Crippen LogP contribution in [0, 0.1) is 11.3 Å². The number of rotatable bonds is 5. The van der Waals surface area contributed by atoms with Gasteiger partial charge in [0.05, 0.1) is 29.7 Å². The summed E-state index contributed by atoms with van der Waals surface area (Å²) in [5.41, 5.74) is 1.68. The van der Waals surface area contributed by atoms with E-state index in [-0.39, 0.29) is 23.5 Å². The smallest absolute Gasteiger partial charge is 0.293 e. The monoisotopic (exact) mass is 408 g/mol. The number of imide groups is 1. The minimum absolute atomic E-state index is 0.0468. The summed E-state index contributed by atoms with van der Waals surface area (Å²) in [6.45, 7) is 2.46. The van der Waals surface area contributed by atoms with E-state index in [1.165, 1.54) is 0 Å². The number of hydrogen-bond acceptors (Lipinski definition) is 7. The zero-order valence-corrected chi connectivity index (χ0v) is 16.3. The van der Waals surface area contributed by atoms with Gasteiger partial charge in [-0.05, 0) is 42.5 Å². The molecule has 2 aliphatic rings. The topological polar surface area (TPSA) is 88.9 Å². The maximum Gasteiger partial charge on any atom is 0.293 e. The second-order valence-electron chi connectivity index (χ2n) is 6.21. The second-order valence-corrected chi connectivity index (χ2v) is 7.21. The third-order valence-corrected chi connectivity index (χ3v) is 5.34. The van der Waals surface area contributed by atoms with E-state index in [0.29, 0.717) is 40.5 Å². The Morgan fingerprint density at radius 3 is 2.76 bits per heavy atom. The summed E-state index contributed by atoms with van der Waals surface area (Å²) in [5, 5.41) is 8.86. The Labute approximate surface area is 171 Å². The number of carbonyl (C=O) groups excluding carboxylic acids is 2. The van der Waals surface area contributed by atoms with Gasteiger partial charge in [0.1, 0.15) is 5.75 Å². The van der Waals surface area contributed by atoms with Gasteiger partial charge in [-0.15, -0.1) is 0 Å². The van der Waals surface area contributed by atoms with Crippen molar-refractivity contribution in [1.82, 2.24) is 4.90 Å². The van der Waals surface area contributed by atoms with Gasteiger partial charge in [-0.3, -0.25) is 14.5 Å². The van der Waals surface area contributed by atoms with Crippen molar-refractivity contribution in [3.05, 3.63) is 58.0 Å². The van der Waals surface area contributed by atoms with Gasteiger partial charge >= 0.3 is 0 Å². The van der Waals surface area contributed by atoms with Gasteiger partial charge < -0.3 is 14.2 Å². The van der Waals surface area contributed by atoms with Crippen LogP contribution in [0.3, 0.4) is 0 Å². The summed E-state index contributed by atoms with van der Waals surface area (Å²) in [4.78, 5) is 26.7. The average molecular weight is 408 g/mol. The van der Waals surface area contributed by atoms with E-state index in [1.807, 2.05) is 6.92 Å². The molecule has 0 spiro atoms. The van der Waals surface area contributed by atoms with Crippen LogP contribution in [-0.4, -0.2) is 29.4 Å². The number of thioether (sulfide) groups is 1. The third-order valence-electron chi connectivity index (χ3n) is 4.43. The van der Waals surface area contributed by atoms with Crippen LogP contribution < -0.4 is 14.2 Å². The number of carbonyl (C=O) groups is 2. The molecule has 29 heavy (non-hydrogen) atoms. The molecule has 1 saturated heterocycles. The van der Waals surface area contributed by atoms with Crippen molar-refractivity contribution in [2.75, 3.05) is 13.4 Å². The van der Waals surface area contributed by atoms with Crippen LogP contribution in [0.5, 0.6) is 17.2 Å². The van der Waals surface area contributed by atoms with Crippen LogP contribution in [0.2, 0.25) is 0 Å². The number of amides is 2. The molecule has 0 aliphatic carbocycles. The molecule has 0 atom stereocenters. The Balaban J connectivity index is 1.64. The average Bonchev–Trinajstić information content (AvgIpc) is 3.28. The molecule has 146 valence electrons. The van der Waals surface area contributed by atoms with Crippen molar-refractivity contribution in [2.45, 2.75) is 13.5 Å². The molecule has 7 nitrogen and oxygen atoms in total. The first-order valence-electron chi connectivity index (χ1n) is 8.90. The van der Waals surface area contributed by atoms with Crippen molar-refractivity contribution in [3.8, 4) is 23.3 Å². The van der Waals surface area contributed by atoms with E-state index < -0.39 is 5.91 Å². The lowest BCUT2D eigenvalue weighted by Crippen LogP contribution is -2.27. The Bertz CT molecular complexity index is 1070. The molecule has 0 saturated carbocycles. The zero-order valence-electron chi connectivity index (χ0n) is 15.5. The summed E-state index contributed by atoms with van der Waals surface area (Å²) in [6.07, 6.45) is 1.62. The van der Waals surface area contributed by atoms with E-state index in [1.54, 1.807) is 42.5 Å². The molecular formula is C21H16N2O5S. The Kier molecular flexibility index (Phi) is 5.14. The SMILES string of the molecule is CCOc1cc2c(cc1C=C1SC(=O)N(Cc3ccccc3C#N)C1=O)OCO2. The molecule has 1 fully saturated rings. The fraction of sp³-hybridized carbons (Fsp3) is 0.190. The molecule has 2 heterocycles. The fourth-order valence-electron chi connectivity index (χ4n) is 3.05. The summed E-state index contributed by atoms with van der Waals surface area (Å²) in [6, 6.07) is 12.4. The van der Waals surface area contributed by atoms with Gasteiger partial charge in [-0.2, -0.15) is 5.26 Å². The van der Waals surface area contributed by atoms with E-state index in [9.17, 15) is 14.9 Å².